The molecule has 0 spiro atoms. The summed E-state index contributed by atoms with van der Waals surface area (Å²) in [4.78, 5) is 0. The minimum absolute atomic E-state index is 1.17. The Balaban J connectivity index is 6.03. The fourth-order valence-corrected chi connectivity index (χ4v) is 10.0. The van der Waals surface area contributed by atoms with Gasteiger partial charge in [0, 0.05) is 0 Å². The summed E-state index contributed by atoms with van der Waals surface area (Å²) in [5.74, 6) is 0. The molecule has 0 saturated carbocycles. The van der Waals surface area contributed by atoms with E-state index in [4.69, 9.17) is 0 Å². The molecule has 0 atom stereocenters. The van der Waals surface area contributed by atoms with E-state index >= 15 is 0 Å². The Labute approximate surface area is 110 Å². The van der Waals surface area contributed by atoms with E-state index in [-0.39, 0.29) is 0 Å². The van der Waals surface area contributed by atoms with Crippen LogP contribution in [0.4, 0.5) is 37.6 Å². The van der Waals surface area contributed by atoms with Crippen LogP contribution < -0.4 is 0 Å². The first kappa shape index (κ1) is 20.9. The average molecular weight is 496 g/mol. The van der Waals surface area contributed by atoms with Crippen LogP contribution in [0.1, 0.15) is 0 Å². The van der Waals surface area contributed by atoms with Crippen LogP contribution in [-0.2, 0) is 25.2 Å². The summed E-state index contributed by atoms with van der Waals surface area (Å²) < 4.78 is 162. The quantitative estimate of drug-likeness (QED) is 0.336. The predicted molar refractivity (Wildman–Crippen MR) is 42.3 cm³/mol. The van der Waals surface area contributed by atoms with Crippen molar-refractivity contribution in [3.63, 3.8) is 0 Å². The monoisotopic (exact) mass is 495 g/mol. The van der Waals surface area contributed by atoms with Gasteiger partial charge in [-0.25, -0.2) is 0 Å². The van der Waals surface area contributed by atoms with Crippen LogP contribution in [0.3, 0.4) is 0 Å². The van der Waals surface area contributed by atoms with Gasteiger partial charge < -0.3 is 0 Å². The Morgan fingerprint density at radius 2 is 0.810 bits per heavy atom. The van der Waals surface area contributed by atoms with Crippen molar-refractivity contribution in [1.29, 1.82) is 0 Å². The molecule has 0 unspecified atom stereocenters. The Kier molecular flexibility index (Phi) is 4.25. The third-order valence-electron chi connectivity index (χ3n) is 1.05. The standard InChI is InChI=1S/2CHF3O3S.4FH.Sb/c2*2-1(3,4)8(5,6)7;;;;;/h2*(H,5,6,7);4*1H;/q;;;;;;+5/p-6. The first-order chi connectivity index (χ1) is 8.42. The van der Waals surface area contributed by atoms with E-state index in [0.717, 1.165) is 0 Å². The Hall–Kier alpha value is -0.0618. The summed E-state index contributed by atoms with van der Waals surface area (Å²) >= 11 is -12.8. The Morgan fingerprint density at radius 3 is 0.952 bits per heavy atom. The zero-order valence-corrected chi connectivity index (χ0v) is 12.7. The van der Waals surface area contributed by atoms with Gasteiger partial charge in [-0.2, -0.15) is 0 Å². The molecule has 0 radical (unpaired) electrons. The molecule has 0 rings (SSSR count). The number of hydrogen-bond donors (Lipinski definition) is 0. The summed E-state index contributed by atoms with van der Waals surface area (Å²) in [5, 5.41) is 0. The first-order valence-corrected chi connectivity index (χ1v) is 12.3. The molecule has 0 aromatic carbocycles. The van der Waals surface area contributed by atoms with Crippen LogP contribution in [0.15, 0.2) is 0 Å². The van der Waals surface area contributed by atoms with Gasteiger partial charge in [-0.05, 0) is 0 Å². The minimum atomic E-state index is -12.8. The van der Waals surface area contributed by atoms with Crippen molar-refractivity contribution in [1.82, 2.24) is 0 Å². The molecule has 0 fully saturated rings. The second-order valence-corrected chi connectivity index (χ2v) is 14.3. The van der Waals surface area contributed by atoms with Crippen LogP contribution in [0.2, 0.25) is 0 Å². The molecule has 0 aliphatic rings. The second-order valence-electron chi connectivity index (χ2n) is 2.96. The Morgan fingerprint density at radius 1 is 0.619 bits per heavy atom. The van der Waals surface area contributed by atoms with E-state index in [1.54, 1.807) is 0 Å². The van der Waals surface area contributed by atoms with Crippen molar-refractivity contribution in [2.24, 2.45) is 0 Å². The molecule has 132 valence electrons. The zero-order chi connectivity index (χ0) is 17.8. The van der Waals surface area contributed by atoms with Crippen molar-refractivity contribution in [3.05, 3.63) is 0 Å². The summed E-state index contributed by atoms with van der Waals surface area (Å²) in [6.07, 6.45) is 0. The topological polar surface area (TPSA) is 86.7 Å². The number of alkyl halides is 6. The zero-order valence-electron chi connectivity index (χ0n) is 8.49. The van der Waals surface area contributed by atoms with Gasteiger partial charge in [0.1, 0.15) is 0 Å². The molecule has 6 nitrogen and oxygen atoms in total. The number of rotatable bonds is 4. The van der Waals surface area contributed by atoms with Gasteiger partial charge in [0.25, 0.3) is 0 Å². The van der Waals surface area contributed by atoms with Gasteiger partial charge in [0.2, 0.25) is 0 Å². The summed E-state index contributed by atoms with van der Waals surface area (Å²) in [5.41, 5.74) is -13.8. The van der Waals surface area contributed by atoms with Crippen LogP contribution in [-0.4, -0.2) is 47.0 Å². The molecule has 0 saturated heterocycles. The third kappa shape index (κ3) is 5.57. The molecule has 19 heteroatoms. The van der Waals surface area contributed by atoms with Crippen molar-refractivity contribution in [2.75, 3.05) is 0 Å². The fraction of sp³-hybridized carbons (Fsp3) is 1.00. The molecule has 0 aliphatic carbocycles. The van der Waals surface area contributed by atoms with Gasteiger partial charge in [-0.3, -0.25) is 0 Å². The van der Waals surface area contributed by atoms with E-state index in [2.05, 4.69) is 0 Å². The van der Waals surface area contributed by atoms with Crippen molar-refractivity contribution >= 4 is 39.4 Å². The van der Waals surface area contributed by atoms with Gasteiger partial charge in [-0.15, -0.1) is 0 Å². The second kappa shape index (κ2) is 4.27. The van der Waals surface area contributed by atoms with Crippen LogP contribution in [0.25, 0.3) is 0 Å². The molecular formula is C2F10O6S2Sb-. The molecule has 21 heavy (non-hydrogen) atoms. The van der Waals surface area contributed by atoms with E-state index < -0.39 is 50.4 Å². The van der Waals surface area contributed by atoms with Crippen LogP contribution >= 0.6 is 0 Å². The van der Waals surface area contributed by atoms with Crippen molar-refractivity contribution in [2.45, 2.75) is 11.0 Å². The maximum atomic E-state index is 12.5. The normalized spacial score (nSPS) is 19.0. The molecule has 0 aromatic heterocycles. The van der Waals surface area contributed by atoms with Crippen molar-refractivity contribution < 1.29 is 59.4 Å². The molecule has 0 heterocycles. The van der Waals surface area contributed by atoms with E-state index in [1.165, 1.54) is 4.92 Å². The summed E-state index contributed by atoms with van der Waals surface area (Å²) in [7, 11) is -15.7. The number of hydrogen-bond acceptors (Lipinski definition) is 6. The summed E-state index contributed by atoms with van der Waals surface area (Å²) in [6.45, 7) is 0. The number of halogens is 10. The molecule has 0 bridgehead atoms. The van der Waals surface area contributed by atoms with Crippen LogP contribution in [0.5, 0.6) is 0 Å². The SMILES string of the molecule is O=S(=O)([O][Sb-]([F])([F])([F])([F])[O]S(=O)(=O)C(F)(F)F)C(F)(F)F. The molecule has 0 aliphatic heterocycles. The van der Waals surface area contributed by atoms with Gasteiger partial charge in [-0.1, -0.05) is 0 Å². The molecular weight excluding hydrogens is 496 g/mol. The molecule has 0 amide bonds. The predicted octanol–water partition coefficient (Wildman–Crippen LogP) is 1.93. The van der Waals surface area contributed by atoms with Gasteiger partial charge in [0.05, 0.1) is 0 Å². The summed E-state index contributed by atoms with van der Waals surface area (Å²) in [6, 6.07) is 0. The maximum absolute atomic E-state index is 12.8. The van der Waals surface area contributed by atoms with E-state index in [1.807, 2.05) is 0 Å². The molecule has 0 N–H and O–H groups in total. The fourth-order valence-electron chi connectivity index (χ4n) is 0.474. The average Bonchev–Trinajstić information content (AvgIpc) is 1.89. The van der Waals surface area contributed by atoms with Crippen molar-refractivity contribution in [3.8, 4) is 0 Å². The van der Waals surface area contributed by atoms with E-state index in [0.29, 0.717) is 0 Å². The molecule has 0 aromatic rings. The first-order valence-electron chi connectivity index (χ1n) is 3.58. The third-order valence-corrected chi connectivity index (χ3v) is 11.4. The van der Waals surface area contributed by atoms with Gasteiger partial charge >= 0.3 is 110 Å². The van der Waals surface area contributed by atoms with Crippen LogP contribution in [0, 0.1) is 0 Å². The van der Waals surface area contributed by atoms with Gasteiger partial charge in [0.15, 0.2) is 0 Å². The van der Waals surface area contributed by atoms with E-state index in [9.17, 15) is 54.4 Å². The Bertz CT molecular complexity index is 579.